The second-order valence-electron chi connectivity index (χ2n) is 8.14. The average molecular weight is 480 g/mol. The number of sulfonamides is 1. The molecule has 0 heterocycles. The highest BCUT2D eigenvalue weighted by Gasteiger charge is 2.27. The molecule has 0 aliphatic heterocycles. The first-order valence-corrected chi connectivity index (χ1v) is 12.3. The van der Waals surface area contributed by atoms with Gasteiger partial charge in [0.15, 0.2) is 0 Å². The van der Waals surface area contributed by atoms with Crippen LogP contribution in [0.25, 0.3) is 0 Å². The van der Waals surface area contributed by atoms with Crippen molar-refractivity contribution in [2.24, 2.45) is 5.10 Å². The Morgan fingerprint density at radius 3 is 2.35 bits per heavy atom. The van der Waals surface area contributed by atoms with Gasteiger partial charge in [-0.15, -0.1) is 0 Å². The molecule has 8 heteroatoms. The van der Waals surface area contributed by atoms with E-state index >= 15 is 0 Å². The van der Waals surface area contributed by atoms with E-state index in [1.165, 1.54) is 31.0 Å². The molecular weight excluding hydrogens is 450 g/mol. The normalized spacial score (nSPS) is 11.6. The van der Waals surface area contributed by atoms with E-state index in [4.69, 9.17) is 4.74 Å². The van der Waals surface area contributed by atoms with Crippen LogP contribution < -0.4 is 14.5 Å². The summed E-state index contributed by atoms with van der Waals surface area (Å²) in [5, 5.41) is 3.99. The zero-order valence-corrected chi connectivity index (χ0v) is 20.5. The van der Waals surface area contributed by atoms with Crippen LogP contribution in [-0.4, -0.2) is 34.2 Å². The number of amides is 1. The monoisotopic (exact) mass is 479 g/mol. The van der Waals surface area contributed by atoms with Gasteiger partial charge in [0.2, 0.25) is 0 Å². The van der Waals surface area contributed by atoms with Crippen molar-refractivity contribution in [2.75, 3.05) is 18.0 Å². The maximum atomic E-state index is 13.4. The molecule has 0 aliphatic rings. The fraction of sp³-hybridized carbons (Fsp3) is 0.231. The summed E-state index contributed by atoms with van der Waals surface area (Å²) in [5.74, 6) is 0.321. The van der Waals surface area contributed by atoms with Crippen LogP contribution >= 0.6 is 0 Å². The number of hydrogen-bond acceptors (Lipinski definition) is 5. The molecular formula is C26H29N3O4S. The SMILES string of the molecule is COc1cccc(N(CC(=O)N/N=C\c2ccc(C(C)C)cc2)S(=O)(=O)c2ccc(C)cc2)c1. The third-order valence-corrected chi connectivity index (χ3v) is 7.03. The molecule has 3 aromatic rings. The topological polar surface area (TPSA) is 88.1 Å². The number of carbonyl (C=O) groups excluding carboxylic acids is 1. The fourth-order valence-corrected chi connectivity index (χ4v) is 4.64. The van der Waals surface area contributed by atoms with E-state index < -0.39 is 22.5 Å². The van der Waals surface area contributed by atoms with Gasteiger partial charge in [0.1, 0.15) is 12.3 Å². The fourth-order valence-electron chi connectivity index (χ4n) is 3.23. The molecule has 7 nitrogen and oxygen atoms in total. The molecule has 0 saturated carbocycles. The Bertz CT molecular complexity index is 1250. The summed E-state index contributed by atoms with van der Waals surface area (Å²) in [6, 6.07) is 20.9. The summed E-state index contributed by atoms with van der Waals surface area (Å²) in [5.41, 5.74) is 5.69. The number of aryl methyl sites for hydroxylation is 1. The largest absolute Gasteiger partial charge is 0.497 e. The van der Waals surface area contributed by atoms with Gasteiger partial charge >= 0.3 is 0 Å². The third-order valence-electron chi connectivity index (χ3n) is 5.24. The smallest absolute Gasteiger partial charge is 0.264 e. The highest BCUT2D eigenvalue weighted by molar-refractivity contribution is 7.92. The Labute approximate surface area is 201 Å². The summed E-state index contributed by atoms with van der Waals surface area (Å²) < 4.78 is 33.1. The number of ether oxygens (including phenoxy) is 1. The molecule has 0 bridgehead atoms. The van der Waals surface area contributed by atoms with E-state index in [1.807, 2.05) is 31.2 Å². The van der Waals surface area contributed by atoms with Gasteiger partial charge in [-0.05, 0) is 48.2 Å². The van der Waals surface area contributed by atoms with Crippen LogP contribution in [0.5, 0.6) is 5.75 Å². The molecule has 34 heavy (non-hydrogen) atoms. The van der Waals surface area contributed by atoms with Crippen molar-refractivity contribution in [1.29, 1.82) is 0 Å². The van der Waals surface area contributed by atoms with Gasteiger partial charge in [0.25, 0.3) is 15.9 Å². The Morgan fingerprint density at radius 1 is 1.06 bits per heavy atom. The minimum absolute atomic E-state index is 0.0856. The van der Waals surface area contributed by atoms with Crippen LogP contribution in [0, 0.1) is 6.92 Å². The van der Waals surface area contributed by atoms with E-state index in [1.54, 1.807) is 36.4 Å². The summed E-state index contributed by atoms with van der Waals surface area (Å²) in [6.07, 6.45) is 1.52. The summed E-state index contributed by atoms with van der Waals surface area (Å²) in [4.78, 5) is 12.8. The molecule has 0 radical (unpaired) electrons. The number of hydrogen-bond donors (Lipinski definition) is 1. The number of nitrogens with one attached hydrogen (secondary N) is 1. The van der Waals surface area contributed by atoms with Crippen LogP contribution in [-0.2, 0) is 14.8 Å². The van der Waals surface area contributed by atoms with Gasteiger partial charge in [-0.25, -0.2) is 13.8 Å². The van der Waals surface area contributed by atoms with Gasteiger partial charge in [-0.1, -0.05) is 61.9 Å². The minimum Gasteiger partial charge on any atom is -0.497 e. The number of methoxy groups -OCH3 is 1. The van der Waals surface area contributed by atoms with Crippen LogP contribution in [0.15, 0.2) is 82.8 Å². The standard InChI is InChI=1S/C26H29N3O4S/c1-19(2)22-12-10-21(11-13-22)17-27-28-26(30)18-29(23-6-5-7-24(16-23)33-4)34(31,32)25-14-8-20(3)9-15-25/h5-17,19H,18H2,1-4H3,(H,28,30)/b27-17-. The second kappa shape index (κ2) is 11.0. The number of rotatable bonds is 9. The molecule has 0 aromatic heterocycles. The molecule has 0 fully saturated rings. The molecule has 0 unspecified atom stereocenters. The summed E-state index contributed by atoms with van der Waals surface area (Å²) in [6.45, 7) is 5.65. The van der Waals surface area contributed by atoms with Crippen molar-refractivity contribution in [3.05, 3.63) is 89.5 Å². The lowest BCUT2D eigenvalue weighted by molar-refractivity contribution is -0.119. The number of hydrazone groups is 1. The Balaban J connectivity index is 1.82. The molecule has 0 saturated heterocycles. The van der Waals surface area contributed by atoms with Crippen molar-refractivity contribution in [3.63, 3.8) is 0 Å². The predicted octanol–water partition coefficient (Wildman–Crippen LogP) is 4.47. The van der Waals surface area contributed by atoms with E-state index in [-0.39, 0.29) is 4.90 Å². The van der Waals surface area contributed by atoms with Crippen LogP contribution in [0.2, 0.25) is 0 Å². The molecule has 0 atom stereocenters. The van der Waals surface area contributed by atoms with E-state index in [9.17, 15) is 13.2 Å². The van der Waals surface area contributed by atoms with E-state index in [0.29, 0.717) is 17.4 Å². The molecule has 1 amide bonds. The van der Waals surface area contributed by atoms with Gasteiger partial charge in [-0.2, -0.15) is 5.10 Å². The van der Waals surface area contributed by atoms with Crippen molar-refractivity contribution in [2.45, 2.75) is 31.6 Å². The first-order chi connectivity index (χ1) is 16.2. The molecule has 178 valence electrons. The van der Waals surface area contributed by atoms with Crippen molar-refractivity contribution in [3.8, 4) is 5.75 Å². The molecule has 1 N–H and O–H groups in total. The number of anilines is 1. The van der Waals surface area contributed by atoms with Gasteiger partial charge < -0.3 is 4.74 Å². The number of nitrogens with zero attached hydrogens (tertiary/aromatic N) is 2. The van der Waals surface area contributed by atoms with Crippen molar-refractivity contribution in [1.82, 2.24) is 5.43 Å². The maximum absolute atomic E-state index is 13.4. The Kier molecular flexibility index (Phi) is 8.07. The lowest BCUT2D eigenvalue weighted by atomic mass is 10.0. The Hall–Kier alpha value is -3.65. The second-order valence-corrected chi connectivity index (χ2v) is 10.0. The zero-order chi connectivity index (χ0) is 24.7. The highest BCUT2D eigenvalue weighted by atomic mass is 32.2. The first kappa shape index (κ1) is 25.0. The van der Waals surface area contributed by atoms with E-state index in [2.05, 4.69) is 24.4 Å². The van der Waals surface area contributed by atoms with Gasteiger partial charge in [-0.3, -0.25) is 9.10 Å². The minimum atomic E-state index is -4.02. The number of benzene rings is 3. The first-order valence-electron chi connectivity index (χ1n) is 10.9. The van der Waals surface area contributed by atoms with Crippen molar-refractivity contribution < 1.29 is 17.9 Å². The highest BCUT2D eigenvalue weighted by Crippen LogP contribution is 2.27. The van der Waals surface area contributed by atoms with Crippen LogP contribution in [0.1, 0.15) is 36.5 Å². The van der Waals surface area contributed by atoms with Crippen LogP contribution in [0.3, 0.4) is 0 Å². The van der Waals surface area contributed by atoms with Gasteiger partial charge in [0, 0.05) is 6.07 Å². The van der Waals surface area contributed by atoms with Gasteiger partial charge in [0.05, 0.1) is 23.9 Å². The molecule has 0 aliphatic carbocycles. The van der Waals surface area contributed by atoms with Crippen LogP contribution in [0.4, 0.5) is 5.69 Å². The summed E-state index contributed by atoms with van der Waals surface area (Å²) >= 11 is 0. The summed E-state index contributed by atoms with van der Waals surface area (Å²) in [7, 11) is -2.52. The Morgan fingerprint density at radius 2 is 1.74 bits per heavy atom. The predicted molar refractivity (Wildman–Crippen MR) is 135 cm³/mol. The quantitative estimate of drug-likeness (QED) is 0.362. The zero-order valence-electron chi connectivity index (χ0n) is 19.7. The third kappa shape index (κ3) is 6.23. The lowest BCUT2D eigenvalue weighted by Gasteiger charge is -2.24. The van der Waals surface area contributed by atoms with Crippen molar-refractivity contribution >= 4 is 27.8 Å². The maximum Gasteiger partial charge on any atom is 0.264 e. The lowest BCUT2D eigenvalue weighted by Crippen LogP contribution is -2.39. The van der Waals surface area contributed by atoms with E-state index in [0.717, 1.165) is 15.4 Å². The molecule has 3 rings (SSSR count). The molecule has 0 spiro atoms. The number of carbonyl (C=O) groups is 1. The molecule has 3 aromatic carbocycles. The average Bonchev–Trinajstić information content (AvgIpc) is 2.83.